The Balaban J connectivity index is 2.57. The van der Waals surface area contributed by atoms with Crippen molar-refractivity contribution in [3.63, 3.8) is 0 Å². The lowest BCUT2D eigenvalue weighted by atomic mass is 10.1. The summed E-state index contributed by atoms with van der Waals surface area (Å²) in [6, 6.07) is 19.8. The average molecular weight is 348 g/mol. The van der Waals surface area contributed by atoms with Gasteiger partial charge in [0.05, 0.1) is 11.6 Å². The molecule has 0 spiro atoms. The predicted octanol–water partition coefficient (Wildman–Crippen LogP) is 6.23. The summed E-state index contributed by atoms with van der Waals surface area (Å²) in [5, 5.41) is 9.53. The second kappa shape index (κ2) is 7.57. The molecular formula is C22H25NOSi. The van der Waals surface area contributed by atoms with Crippen molar-refractivity contribution in [2.75, 3.05) is 0 Å². The average Bonchev–Trinajstić information content (AvgIpc) is 2.58. The Bertz CT molecular complexity index is 832. The van der Waals surface area contributed by atoms with Crippen molar-refractivity contribution in [2.24, 2.45) is 0 Å². The number of nitrogens with zero attached hydrogens (tertiary/aromatic N) is 1. The molecule has 0 fully saturated rings. The van der Waals surface area contributed by atoms with Crippen LogP contribution < -0.4 is 0 Å². The molecule has 2 aromatic carbocycles. The molecule has 0 aliphatic carbocycles. The number of benzene rings is 2. The lowest BCUT2D eigenvalue weighted by molar-refractivity contribution is 0.458. The van der Waals surface area contributed by atoms with Crippen molar-refractivity contribution in [1.82, 2.24) is 0 Å². The molecule has 0 bridgehead atoms. The van der Waals surface area contributed by atoms with Gasteiger partial charge >= 0.3 is 0 Å². The molecule has 0 saturated heterocycles. The highest BCUT2D eigenvalue weighted by Gasteiger charge is 2.39. The van der Waals surface area contributed by atoms with Crippen molar-refractivity contribution < 1.29 is 4.43 Å². The smallest absolute Gasteiger partial charge is 0.251 e. The molecular weight excluding hydrogens is 322 g/mol. The number of hydrogen-bond donors (Lipinski definition) is 0. The van der Waals surface area contributed by atoms with Crippen molar-refractivity contribution in [3.8, 4) is 6.07 Å². The molecule has 2 nitrogen and oxygen atoms in total. The summed E-state index contributed by atoms with van der Waals surface area (Å²) in [6.07, 6.45) is 1.91. The molecule has 128 valence electrons. The summed E-state index contributed by atoms with van der Waals surface area (Å²) in [5.41, 5.74) is 5.75. The van der Waals surface area contributed by atoms with Crippen LogP contribution in [-0.2, 0) is 4.43 Å². The molecule has 2 rings (SSSR count). The Morgan fingerprint density at radius 2 is 1.60 bits per heavy atom. The zero-order chi connectivity index (χ0) is 18.5. The first-order valence-electron chi connectivity index (χ1n) is 8.45. The zero-order valence-electron chi connectivity index (χ0n) is 15.6. The number of nitriles is 1. The third-order valence-electron chi connectivity index (χ3n) is 4.63. The third kappa shape index (κ3) is 4.73. The van der Waals surface area contributed by atoms with Crippen LogP contribution in [0.5, 0.6) is 0 Å². The maximum absolute atomic E-state index is 9.47. The Hall–Kier alpha value is -2.53. The molecule has 0 aliphatic rings. The molecule has 0 unspecified atom stereocenters. The maximum Gasteiger partial charge on any atom is 0.251 e. The van der Waals surface area contributed by atoms with Crippen molar-refractivity contribution >= 4 is 20.2 Å². The molecule has 0 amide bonds. The fourth-order valence-electron chi connectivity index (χ4n) is 2.05. The van der Waals surface area contributed by atoms with Gasteiger partial charge in [0.25, 0.3) is 8.32 Å². The van der Waals surface area contributed by atoms with Crippen LogP contribution in [0, 0.1) is 11.3 Å². The molecule has 0 heterocycles. The Labute approximate surface area is 152 Å². The van der Waals surface area contributed by atoms with E-state index in [0.717, 1.165) is 11.1 Å². The van der Waals surface area contributed by atoms with Crippen LogP contribution in [0.3, 0.4) is 0 Å². The Morgan fingerprint density at radius 3 is 2.20 bits per heavy atom. The van der Waals surface area contributed by atoms with Crippen molar-refractivity contribution in [2.45, 2.75) is 38.9 Å². The maximum atomic E-state index is 9.47. The molecule has 0 saturated carbocycles. The first-order chi connectivity index (χ1) is 11.7. The van der Waals surface area contributed by atoms with E-state index in [1.807, 2.05) is 60.7 Å². The van der Waals surface area contributed by atoms with Crippen LogP contribution in [-0.4, -0.2) is 8.32 Å². The second-order valence-electron chi connectivity index (χ2n) is 7.55. The van der Waals surface area contributed by atoms with Crippen molar-refractivity contribution in [1.29, 1.82) is 5.26 Å². The summed E-state index contributed by atoms with van der Waals surface area (Å²) < 4.78 is 6.51. The minimum absolute atomic E-state index is 0.0638. The van der Waals surface area contributed by atoms with Crippen LogP contribution in [0.2, 0.25) is 18.1 Å². The van der Waals surface area contributed by atoms with Gasteiger partial charge in [-0.05, 0) is 41.9 Å². The van der Waals surface area contributed by atoms with Gasteiger partial charge in [0, 0.05) is 5.56 Å². The van der Waals surface area contributed by atoms with E-state index in [-0.39, 0.29) is 5.04 Å². The molecule has 0 aromatic heterocycles. The monoisotopic (exact) mass is 347 g/mol. The summed E-state index contributed by atoms with van der Waals surface area (Å²) in [6.45, 7) is 11.0. The van der Waals surface area contributed by atoms with Gasteiger partial charge in [0.1, 0.15) is 0 Å². The van der Waals surface area contributed by atoms with Gasteiger partial charge in [0.15, 0.2) is 5.76 Å². The van der Waals surface area contributed by atoms with Gasteiger partial charge in [-0.1, -0.05) is 69.0 Å². The van der Waals surface area contributed by atoms with E-state index in [4.69, 9.17) is 4.43 Å². The SMILES string of the molecule is CC(C)(C)[Si](C)(C)OC(=C=Cc1ccccc1)c1ccccc1C#N. The van der Waals surface area contributed by atoms with Crippen LogP contribution in [0.15, 0.2) is 60.3 Å². The van der Waals surface area contributed by atoms with E-state index in [1.165, 1.54) is 0 Å². The van der Waals surface area contributed by atoms with Gasteiger partial charge < -0.3 is 4.43 Å². The van der Waals surface area contributed by atoms with Gasteiger partial charge in [-0.15, -0.1) is 0 Å². The Morgan fingerprint density at radius 1 is 1.00 bits per heavy atom. The van der Waals surface area contributed by atoms with Gasteiger partial charge in [-0.25, -0.2) is 0 Å². The molecule has 0 atom stereocenters. The van der Waals surface area contributed by atoms with E-state index < -0.39 is 8.32 Å². The fourth-order valence-corrected chi connectivity index (χ4v) is 3.03. The highest BCUT2D eigenvalue weighted by molar-refractivity contribution is 6.74. The van der Waals surface area contributed by atoms with E-state index in [1.54, 1.807) is 0 Å². The van der Waals surface area contributed by atoms with E-state index in [9.17, 15) is 5.26 Å². The highest BCUT2D eigenvalue weighted by Crippen LogP contribution is 2.39. The molecule has 0 radical (unpaired) electrons. The van der Waals surface area contributed by atoms with Crippen LogP contribution in [0.4, 0.5) is 0 Å². The summed E-state index contributed by atoms with van der Waals surface area (Å²) in [4.78, 5) is 0. The van der Waals surface area contributed by atoms with Crippen LogP contribution >= 0.6 is 0 Å². The zero-order valence-corrected chi connectivity index (χ0v) is 16.6. The minimum atomic E-state index is -2.05. The quantitative estimate of drug-likeness (QED) is 0.373. The van der Waals surface area contributed by atoms with Crippen LogP contribution in [0.25, 0.3) is 11.8 Å². The molecule has 0 aliphatic heterocycles. The van der Waals surface area contributed by atoms with E-state index in [0.29, 0.717) is 11.3 Å². The number of hydrogen-bond acceptors (Lipinski definition) is 2. The normalized spacial score (nSPS) is 11.2. The highest BCUT2D eigenvalue weighted by atomic mass is 28.4. The predicted molar refractivity (Wildman–Crippen MR) is 107 cm³/mol. The largest absolute Gasteiger partial charge is 0.538 e. The standard InChI is InChI=1S/C22H25NOSi/c1-22(2,3)25(4,5)24-21(16-15-18-11-7-6-8-12-18)20-14-10-9-13-19(20)17-23/h6-15H,1-5H3. The van der Waals surface area contributed by atoms with E-state index >= 15 is 0 Å². The molecule has 3 heteroatoms. The minimum Gasteiger partial charge on any atom is -0.538 e. The molecule has 0 N–H and O–H groups in total. The molecule has 2 aromatic rings. The second-order valence-corrected chi connectivity index (χ2v) is 12.3. The summed E-state index contributed by atoms with van der Waals surface area (Å²) >= 11 is 0. The van der Waals surface area contributed by atoms with Gasteiger partial charge in [-0.3, -0.25) is 0 Å². The van der Waals surface area contributed by atoms with E-state index in [2.05, 4.69) is 45.7 Å². The molecule has 25 heavy (non-hydrogen) atoms. The number of rotatable bonds is 4. The topological polar surface area (TPSA) is 33.0 Å². The fraction of sp³-hybridized carbons (Fsp3) is 0.273. The lowest BCUT2D eigenvalue weighted by Gasteiger charge is -2.37. The third-order valence-corrected chi connectivity index (χ3v) is 8.95. The first kappa shape index (κ1) is 18.8. The van der Waals surface area contributed by atoms with Gasteiger partial charge in [-0.2, -0.15) is 5.26 Å². The summed E-state index contributed by atoms with van der Waals surface area (Å²) in [7, 11) is -2.05. The lowest BCUT2D eigenvalue weighted by Crippen LogP contribution is -2.40. The summed E-state index contributed by atoms with van der Waals surface area (Å²) in [5.74, 6) is 0.646. The Kier molecular flexibility index (Phi) is 5.69. The van der Waals surface area contributed by atoms with Crippen molar-refractivity contribution in [3.05, 3.63) is 77.0 Å². The van der Waals surface area contributed by atoms with Crippen LogP contribution in [0.1, 0.15) is 37.5 Å². The first-order valence-corrected chi connectivity index (χ1v) is 11.4. The van der Waals surface area contributed by atoms with Gasteiger partial charge in [0.2, 0.25) is 0 Å².